The van der Waals surface area contributed by atoms with E-state index in [1.165, 1.54) is 0 Å². The van der Waals surface area contributed by atoms with Crippen LogP contribution >= 0.6 is 0 Å². The van der Waals surface area contributed by atoms with Crippen molar-refractivity contribution in [1.29, 1.82) is 0 Å². The molecular formula is C18H27N5O2. The van der Waals surface area contributed by atoms with Crippen molar-refractivity contribution in [3.8, 4) is 0 Å². The molecule has 1 unspecified atom stereocenters. The zero-order valence-corrected chi connectivity index (χ0v) is 15.0. The third-order valence-corrected chi connectivity index (χ3v) is 4.64. The predicted octanol–water partition coefficient (Wildman–Crippen LogP) is 1.31. The van der Waals surface area contributed by atoms with Crippen LogP contribution in [0.2, 0.25) is 0 Å². The van der Waals surface area contributed by atoms with Crippen molar-refractivity contribution in [1.82, 2.24) is 19.8 Å². The van der Waals surface area contributed by atoms with Gasteiger partial charge in [-0.1, -0.05) is 26.0 Å². The average molecular weight is 345 g/mol. The van der Waals surface area contributed by atoms with Crippen LogP contribution < -0.4 is 10.6 Å². The number of amides is 1. The number of carbonyl (C=O) groups is 1. The van der Waals surface area contributed by atoms with Crippen LogP contribution in [-0.4, -0.2) is 65.8 Å². The molecule has 1 saturated heterocycles. The van der Waals surface area contributed by atoms with E-state index in [1.54, 1.807) is 0 Å². The van der Waals surface area contributed by atoms with Gasteiger partial charge in [-0.05, 0) is 25.2 Å². The number of aromatic nitrogens is 2. The fourth-order valence-electron chi connectivity index (χ4n) is 3.10. The molecule has 1 aromatic carbocycles. The minimum Gasteiger partial charge on any atom is -0.366 e. The van der Waals surface area contributed by atoms with E-state index in [0.717, 1.165) is 43.8 Å². The van der Waals surface area contributed by atoms with Gasteiger partial charge in [-0.25, -0.2) is 4.98 Å². The maximum absolute atomic E-state index is 12.5. The number of nitrogens with zero attached hydrogens (tertiary/aromatic N) is 3. The summed E-state index contributed by atoms with van der Waals surface area (Å²) in [6.07, 6.45) is -0.468. The first-order chi connectivity index (χ1) is 12.2. The molecule has 2 heterocycles. The zero-order valence-electron chi connectivity index (χ0n) is 15.0. The quantitative estimate of drug-likeness (QED) is 0.792. The Bertz CT molecular complexity index is 705. The Hall–Kier alpha value is -1.96. The van der Waals surface area contributed by atoms with Crippen LogP contribution in [0.25, 0.3) is 11.0 Å². The number of likely N-dealkylation sites (N-methyl/N-ethyl adjacent to an activating group) is 1. The van der Waals surface area contributed by atoms with Crippen molar-refractivity contribution in [3.05, 3.63) is 24.3 Å². The van der Waals surface area contributed by atoms with Gasteiger partial charge in [0, 0.05) is 26.2 Å². The van der Waals surface area contributed by atoms with Crippen molar-refractivity contribution in [2.24, 2.45) is 0 Å². The molecule has 0 spiro atoms. The van der Waals surface area contributed by atoms with E-state index in [4.69, 9.17) is 4.74 Å². The molecule has 2 aromatic rings. The molecule has 0 radical (unpaired) electrons. The highest BCUT2D eigenvalue weighted by Crippen LogP contribution is 2.20. The number of ether oxygens (including phenoxy) is 1. The van der Waals surface area contributed by atoms with Gasteiger partial charge in [0.2, 0.25) is 5.95 Å². The Balaban J connectivity index is 1.80. The number of nitrogens with one attached hydrogen (secondary N) is 2. The Labute approximate surface area is 148 Å². The predicted molar refractivity (Wildman–Crippen MR) is 98.8 cm³/mol. The van der Waals surface area contributed by atoms with E-state index < -0.39 is 6.10 Å². The number of imidazole rings is 1. The second-order valence-electron chi connectivity index (χ2n) is 6.16. The minimum atomic E-state index is -0.468. The number of morpholine rings is 1. The lowest BCUT2D eigenvalue weighted by atomic mass is 10.3. The molecule has 136 valence electrons. The van der Waals surface area contributed by atoms with Gasteiger partial charge in [0.1, 0.15) is 6.10 Å². The molecular weight excluding hydrogens is 318 g/mol. The molecule has 7 nitrogen and oxygen atoms in total. The van der Waals surface area contributed by atoms with E-state index >= 15 is 0 Å². The zero-order chi connectivity index (χ0) is 17.6. The first-order valence-corrected chi connectivity index (χ1v) is 9.03. The highest BCUT2D eigenvalue weighted by molar-refractivity contribution is 5.94. The van der Waals surface area contributed by atoms with E-state index in [0.29, 0.717) is 19.1 Å². The number of para-hydroxylation sites is 2. The molecule has 1 aliphatic heterocycles. The molecule has 1 aliphatic rings. The fourth-order valence-corrected chi connectivity index (χ4v) is 3.10. The van der Waals surface area contributed by atoms with Crippen molar-refractivity contribution >= 4 is 22.9 Å². The van der Waals surface area contributed by atoms with E-state index in [1.807, 2.05) is 24.3 Å². The van der Waals surface area contributed by atoms with Crippen LogP contribution in [0.5, 0.6) is 0 Å². The van der Waals surface area contributed by atoms with Gasteiger partial charge in [0.25, 0.3) is 5.91 Å². The van der Waals surface area contributed by atoms with Crippen LogP contribution in [0.4, 0.5) is 5.95 Å². The van der Waals surface area contributed by atoms with Crippen molar-refractivity contribution in [3.63, 3.8) is 0 Å². The summed E-state index contributed by atoms with van der Waals surface area (Å²) in [6, 6.07) is 7.97. The van der Waals surface area contributed by atoms with Crippen molar-refractivity contribution in [2.75, 3.05) is 44.6 Å². The van der Waals surface area contributed by atoms with Crippen molar-refractivity contribution < 1.29 is 9.53 Å². The summed E-state index contributed by atoms with van der Waals surface area (Å²) in [5.74, 6) is 0.444. The third-order valence-electron chi connectivity index (χ3n) is 4.64. The van der Waals surface area contributed by atoms with Gasteiger partial charge < -0.3 is 19.5 Å². The highest BCUT2D eigenvalue weighted by atomic mass is 16.5. The summed E-state index contributed by atoms with van der Waals surface area (Å²) in [4.78, 5) is 19.5. The summed E-state index contributed by atoms with van der Waals surface area (Å²) < 4.78 is 7.62. The molecule has 1 aromatic heterocycles. The van der Waals surface area contributed by atoms with E-state index in [-0.39, 0.29) is 5.91 Å². The first kappa shape index (κ1) is 17.8. The van der Waals surface area contributed by atoms with Crippen LogP contribution in [-0.2, 0) is 16.1 Å². The number of anilines is 1. The molecule has 0 aliphatic carbocycles. The maximum atomic E-state index is 12.5. The molecule has 25 heavy (non-hydrogen) atoms. The van der Waals surface area contributed by atoms with Gasteiger partial charge in [-0.3, -0.25) is 10.1 Å². The third kappa shape index (κ3) is 4.18. The molecule has 0 bridgehead atoms. The summed E-state index contributed by atoms with van der Waals surface area (Å²) in [7, 11) is 0. The lowest BCUT2D eigenvalue weighted by Gasteiger charge is -2.23. The lowest BCUT2D eigenvalue weighted by molar-refractivity contribution is -0.128. The topological polar surface area (TPSA) is 71.4 Å². The molecule has 1 fully saturated rings. The minimum absolute atomic E-state index is 0.147. The van der Waals surface area contributed by atoms with E-state index in [2.05, 4.69) is 38.9 Å². The normalized spacial score (nSPS) is 18.0. The number of benzene rings is 1. The molecule has 1 amide bonds. The molecule has 1 atom stereocenters. The van der Waals surface area contributed by atoms with Crippen molar-refractivity contribution in [2.45, 2.75) is 26.5 Å². The second kappa shape index (κ2) is 8.42. The van der Waals surface area contributed by atoms with Gasteiger partial charge in [-0.15, -0.1) is 0 Å². The summed E-state index contributed by atoms with van der Waals surface area (Å²) in [5, 5.41) is 6.14. The Kier molecular flexibility index (Phi) is 6.01. The average Bonchev–Trinajstić information content (AvgIpc) is 3.00. The molecule has 2 N–H and O–H groups in total. The van der Waals surface area contributed by atoms with Gasteiger partial charge in [0.05, 0.1) is 17.6 Å². The lowest BCUT2D eigenvalue weighted by Crippen LogP contribution is -2.45. The van der Waals surface area contributed by atoms with Crippen LogP contribution in [0.1, 0.15) is 13.8 Å². The van der Waals surface area contributed by atoms with E-state index in [9.17, 15) is 4.79 Å². The Morgan fingerprint density at radius 2 is 2.20 bits per heavy atom. The standard InChI is InChI=1S/C18H27N5O2/c1-3-22(4-2)10-11-23-15-8-6-5-7-14(15)20-18(23)21-17(24)16-13-19-9-12-25-16/h5-8,16,19H,3-4,9-13H2,1-2H3,(H,20,21,24). The van der Waals surface area contributed by atoms with Gasteiger partial charge in [0.15, 0.2) is 0 Å². The SMILES string of the molecule is CCN(CC)CCn1c(NC(=O)C2CNCCO2)nc2ccccc21. The monoisotopic (exact) mass is 345 g/mol. The number of rotatable bonds is 7. The number of hydrogen-bond acceptors (Lipinski definition) is 5. The number of hydrogen-bond donors (Lipinski definition) is 2. The van der Waals surface area contributed by atoms with Crippen LogP contribution in [0.3, 0.4) is 0 Å². The Morgan fingerprint density at radius 3 is 2.92 bits per heavy atom. The molecule has 3 rings (SSSR count). The summed E-state index contributed by atoms with van der Waals surface area (Å²) >= 11 is 0. The highest BCUT2D eigenvalue weighted by Gasteiger charge is 2.23. The number of fused-ring (bicyclic) bond motifs is 1. The first-order valence-electron chi connectivity index (χ1n) is 9.03. The van der Waals surface area contributed by atoms with Gasteiger partial charge in [-0.2, -0.15) is 0 Å². The fraction of sp³-hybridized carbons (Fsp3) is 0.556. The smallest absolute Gasteiger partial charge is 0.257 e. The molecule has 0 saturated carbocycles. The van der Waals surface area contributed by atoms with Crippen LogP contribution in [0.15, 0.2) is 24.3 Å². The molecule has 7 heteroatoms. The second-order valence-corrected chi connectivity index (χ2v) is 6.16. The van der Waals surface area contributed by atoms with Crippen LogP contribution in [0, 0.1) is 0 Å². The largest absolute Gasteiger partial charge is 0.366 e. The Morgan fingerprint density at radius 1 is 1.40 bits per heavy atom. The van der Waals surface area contributed by atoms with Gasteiger partial charge >= 0.3 is 0 Å². The number of carbonyl (C=O) groups excluding carboxylic acids is 1. The summed E-state index contributed by atoms with van der Waals surface area (Å²) in [6.45, 7) is 9.89. The summed E-state index contributed by atoms with van der Waals surface area (Å²) in [5.41, 5.74) is 1.92. The maximum Gasteiger partial charge on any atom is 0.257 e.